The van der Waals surface area contributed by atoms with E-state index in [1.54, 1.807) is 31.2 Å². The number of ketones is 2. The van der Waals surface area contributed by atoms with Gasteiger partial charge >= 0.3 is 12.2 Å². The van der Waals surface area contributed by atoms with E-state index in [-0.39, 0.29) is 29.5 Å². The van der Waals surface area contributed by atoms with Crippen LogP contribution in [0.1, 0.15) is 59.4 Å². The van der Waals surface area contributed by atoms with Crippen molar-refractivity contribution in [1.29, 1.82) is 0 Å². The van der Waals surface area contributed by atoms with Crippen molar-refractivity contribution < 1.29 is 27.6 Å². The number of rotatable bonds is 6. The molecule has 0 N–H and O–H groups in total. The van der Waals surface area contributed by atoms with Crippen molar-refractivity contribution in [3.63, 3.8) is 0 Å². The number of hydrogen-bond donors (Lipinski definition) is 0. The number of Topliss-reactive ketones (excluding diaryl/α,β-unsaturated/α-hetero) is 2. The number of alkyl halides is 3. The van der Waals surface area contributed by atoms with Crippen LogP contribution >= 0.6 is 0 Å². The summed E-state index contributed by atoms with van der Waals surface area (Å²) in [6, 6.07) is 17.4. The second-order valence-electron chi connectivity index (χ2n) is 9.42. The minimum absolute atomic E-state index is 0.00548. The number of anilines is 1. The lowest BCUT2D eigenvalue weighted by atomic mass is 9.89. The van der Waals surface area contributed by atoms with Crippen molar-refractivity contribution in [2.24, 2.45) is 0 Å². The predicted molar refractivity (Wildman–Crippen MR) is 139 cm³/mol. The molecule has 1 aliphatic rings. The molecule has 0 spiro atoms. The fourth-order valence-corrected chi connectivity index (χ4v) is 4.77. The van der Waals surface area contributed by atoms with E-state index in [1.165, 1.54) is 30.9 Å². The van der Waals surface area contributed by atoms with Crippen molar-refractivity contribution in [3.05, 3.63) is 112 Å². The lowest BCUT2D eigenvalue weighted by Gasteiger charge is -2.43. The molecule has 0 bridgehead atoms. The number of aryl methyl sites for hydroxylation is 1. The lowest BCUT2D eigenvalue weighted by Crippen LogP contribution is -2.50. The number of hydrogen-bond acceptors (Lipinski definition) is 3. The Morgan fingerprint density at radius 1 is 0.868 bits per heavy atom. The first-order chi connectivity index (χ1) is 17.9. The van der Waals surface area contributed by atoms with Gasteiger partial charge < -0.3 is 4.90 Å². The highest BCUT2D eigenvalue weighted by Crippen LogP contribution is 2.41. The molecule has 1 unspecified atom stereocenters. The molecule has 38 heavy (non-hydrogen) atoms. The zero-order valence-electron chi connectivity index (χ0n) is 21.5. The Kier molecular flexibility index (Phi) is 7.26. The summed E-state index contributed by atoms with van der Waals surface area (Å²) in [4.78, 5) is 41.8. The highest BCUT2D eigenvalue weighted by atomic mass is 19.4. The topological polar surface area (TPSA) is 57.7 Å². The molecule has 4 rings (SSSR count). The number of halogens is 3. The predicted octanol–water partition coefficient (Wildman–Crippen LogP) is 7.26. The minimum Gasteiger partial charge on any atom is -0.308 e. The summed E-state index contributed by atoms with van der Waals surface area (Å²) in [6.07, 6.45) is -4.60. The second kappa shape index (κ2) is 10.3. The molecule has 0 saturated heterocycles. The molecule has 1 atom stereocenters. The molecule has 0 aliphatic carbocycles. The maximum atomic E-state index is 14.1. The Morgan fingerprint density at radius 3 is 2.13 bits per heavy atom. The number of amides is 2. The first-order valence-corrected chi connectivity index (χ1v) is 12.0. The zero-order valence-corrected chi connectivity index (χ0v) is 21.5. The van der Waals surface area contributed by atoms with Gasteiger partial charge in [-0.3, -0.25) is 14.5 Å². The molecule has 0 saturated carbocycles. The van der Waals surface area contributed by atoms with Gasteiger partial charge in [-0.15, -0.1) is 0 Å². The molecule has 3 aromatic rings. The summed E-state index contributed by atoms with van der Waals surface area (Å²) in [5.41, 5.74) is 2.47. The van der Waals surface area contributed by atoms with Crippen molar-refractivity contribution in [2.75, 3.05) is 4.90 Å². The third-order valence-electron chi connectivity index (χ3n) is 6.64. The molecule has 1 aliphatic heterocycles. The summed E-state index contributed by atoms with van der Waals surface area (Å²) >= 11 is 0. The molecular weight excluding hydrogens is 493 g/mol. The summed E-state index contributed by atoms with van der Waals surface area (Å²) in [7, 11) is 0. The van der Waals surface area contributed by atoms with Crippen molar-refractivity contribution in [1.82, 2.24) is 4.90 Å². The number of urea groups is 1. The smallest absolute Gasteiger partial charge is 0.308 e. The standard InChI is InChI=1S/C30H27F3N2O3/c1-18-11-13-23(14-12-18)28-27(21(4)37)19(2)35(26-10-6-9-25(16-26)30(31,32)33)29(38)34(28)17-22-7-5-8-24(15-22)20(3)36/h5-16,28H,17H2,1-4H3. The van der Waals surface area contributed by atoms with E-state index in [0.29, 0.717) is 22.3 Å². The van der Waals surface area contributed by atoms with Crippen molar-refractivity contribution in [3.8, 4) is 0 Å². The van der Waals surface area contributed by atoms with Gasteiger partial charge in [0.1, 0.15) is 0 Å². The largest absolute Gasteiger partial charge is 0.416 e. The molecule has 5 nitrogen and oxygen atoms in total. The lowest BCUT2D eigenvalue weighted by molar-refractivity contribution is -0.137. The molecular formula is C30H27F3N2O3. The Bertz CT molecular complexity index is 1440. The molecule has 196 valence electrons. The maximum Gasteiger partial charge on any atom is 0.416 e. The van der Waals surface area contributed by atoms with Gasteiger partial charge in [-0.1, -0.05) is 54.1 Å². The quantitative estimate of drug-likeness (QED) is 0.322. The maximum absolute atomic E-state index is 14.1. The van der Waals surface area contributed by atoms with Gasteiger partial charge in [0.05, 0.1) is 17.3 Å². The van der Waals surface area contributed by atoms with E-state index in [4.69, 9.17) is 0 Å². The van der Waals surface area contributed by atoms with Gasteiger partial charge in [0, 0.05) is 23.4 Å². The fourth-order valence-electron chi connectivity index (χ4n) is 4.77. The Morgan fingerprint density at radius 2 is 1.53 bits per heavy atom. The van der Waals surface area contributed by atoms with Crippen LogP contribution in [-0.2, 0) is 17.5 Å². The van der Waals surface area contributed by atoms with Crippen LogP contribution in [0.5, 0.6) is 0 Å². The highest BCUT2D eigenvalue weighted by molar-refractivity contribution is 6.05. The Labute approximate surface area is 219 Å². The Hall–Kier alpha value is -4.20. The average Bonchev–Trinajstić information content (AvgIpc) is 2.86. The summed E-state index contributed by atoms with van der Waals surface area (Å²) in [6.45, 7) is 6.34. The zero-order chi connectivity index (χ0) is 27.8. The first-order valence-electron chi connectivity index (χ1n) is 12.0. The van der Waals surface area contributed by atoms with Gasteiger partial charge in [-0.2, -0.15) is 13.2 Å². The van der Waals surface area contributed by atoms with E-state index < -0.39 is 23.8 Å². The second-order valence-corrected chi connectivity index (χ2v) is 9.42. The minimum atomic E-state index is -4.60. The van der Waals surface area contributed by atoms with Crippen molar-refractivity contribution in [2.45, 2.75) is 46.5 Å². The van der Waals surface area contributed by atoms with Crippen LogP contribution in [-0.4, -0.2) is 22.5 Å². The number of nitrogens with zero attached hydrogens (tertiary/aromatic N) is 2. The fraction of sp³-hybridized carbons (Fsp3) is 0.233. The summed E-state index contributed by atoms with van der Waals surface area (Å²) < 4.78 is 40.5. The summed E-state index contributed by atoms with van der Waals surface area (Å²) in [5, 5.41) is 0. The molecule has 0 aromatic heterocycles. The van der Waals surface area contributed by atoms with Gasteiger partial charge in [0.15, 0.2) is 11.6 Å². The van der Waals surface area contributed by atoms with E-state index in [1.807, 2.05) is 31.2 Å². The van der Waals surface area contributed by atoms with Crippen molar-refractivity contribution >= 4 is 23.3 Å². The van der Waals surface area contributed by atoms with Gasteiger partial charge in [-0.05, 0) is 63.1 Å². The van der Waals surface area contributed by atoms with Gasteiger partial charge in [0.2, 0.25) is 0 Å². The van der Waals surface area contributed by atoms with Gasteiger partial charge in [-0.25, -0.2) is 4.79 Å². The van der Waals surface area contributed by atoms with Crippen LogP contribution in [0.25, 0.3) is 0 Å². The Balaban J connectivity index is 1.92. The van der Waals surface area contributed by atoms with E-state index >= 15 is 0 Å². The monoisotopic (exact) mass is 520 g/mol. The van der Waals surface area contributed by atoms with Crippen LogP contribution in [0.3, 0.4) is 0 Å². The molecule has 8 heteroatoms. The van der Waals surface area contributed by atoms with E-state index in [9.17, 15) is 27.6 Å². The number of carbonyl (C=O) groups excluding carboxylic acids is 3. The third kappa shape index (κ3) is 5.25. The normalized spacial score (nSPS) is 16.2. The molecule has 3 aromatic carbocycles. The van der Waals surface area contributed by atoms with Crippen LogP contribution < -0.4 is 4.90 Å². The third-order valence-corrected chi connectivity index (χ3v) is 6.64. The van der Waals surface area contributed by atoms with Crippen LogP contribution in [0.2, 0.25) is 0 Å². The van der Waals surface area contributed by atoms with Crippen LogP contribution in [0, 0.1) is 6.92 Å². The molecule has 1 heterocycles. The summed E-state index contributed by atoms with van der Waals surface area (Å²) in [5.74, 6) is -0.447. The first kappa shape index (κ1) is 26.9. The van der Waals surface area contributed by atoms with E-state index in [0.717, 1.165) is 22.6 Å². The van der Waals surface area contributed by atoms with Gasteiger partial charge in [0.25, 0.3) is 0 Å². The number of carbonyl (C=O) groups is 3. The van der Waals surface area contributed by atoms with Crippen LogP contribution in [0.15, 0.2) is 84.1 Å². The SMILES string of the molecule is CC(=O)C1=C(C)N(c2cccc(C(F)(F)F)c2)C(=O)N(Cc2cccc(C(C)=O)c2)C1c1ccc(C)cc1. The average molecular weight is 521 g/mol. The number of benzene rings is 3. The number of allylic oxidation sites excluding steroid dienone is 1. The van der Waals surface area contributed by atoms with E-state index in [2.05, 4.69) is 0 Å². The molecule has 0 fully saturated rings. The highest BCUT2D eigenvalue weighted by Gasteiger charge is 2.42. The molecule has 0 radical (unpaired) electrons. The molecule has 2 amide bonds. The van der Waals surface area contributed by atoms with Crippen LogP contribution in [0.4, 0.5) is 23.7 Å².